The highest BCUT2D eigenvalue weighted by Crippen LogP contribution is 2.18. The Kier molecular flexibility index (Phi) is 9.33. The molecule has 9 heteroatoms. The lowest BCUT2D eigenvalue weighted by molar-refractivity contribution is 0.0490. The minimum atomic E-state index is -0.341. The lowest BCUT2D eigenvalue weighted by Gasteiger charge is -2.09. The van der Waals surface area contributed by atoms with Crippen LogP contribution < -0.4 is 10.6 Å². The van der Waals surface area contributed by atoms with Gasteiger partial charge in [0.25, 0.3) is 0 Å². The van der Waals surface area contributed by atoms with Gasteiger partial charge in [0, 0.05) is 11.4 Å². The Morgan fingerprint density at radius 1 is 0.706 bits per heavy atom. The molecule has 0 fully saturated rings. The number of carbonyl (C=O) groups is 2. The van der Waals surface area contributed by atoms with E-state index in [1.165, 1.54) is 6.33 Å². The molecule has 1 heterocycles. The Morgan fingerprint density at radius 3 is 1.50 bits per heavy atom. The molecule has 0 radical (unpaired) electrons. The maximum absolute atomic E-state index is 12.0. The SMILES string of the molecule is CCCCOC(=O)c1ccc(Nc2ncnc(Nc3ccc(C(=O)OCCCC)cc3)n2)cc1. The van der Waals surface area contributed by atoms with Crippen molar-refractivity contribution in [1.82, 2.24) is 15.0 Å². The molecule has 0 saturated carbocycles. The van der Waals surface area contributed by atoms with Crippen LogP contribution >= 0.6 is 0 Å². The standard InChI is InChI=1S/C25H29N5O4/c1-3-5-15-33-22(31)18-7-11-20(12-8-18)28-24-26-17-27-25(30-24)29-21-13-9-19(10-14-21)23(32)34-16-6-4-2/h7-14,17H,3-6,15-16H2,1-2H3,(H2,26,27,28,29,30). The summed E-state index contributed by atoms with van der Waals surface area (Å²) in [5, 5.41) is 6.16. The molecule has 178 valence electrons. The molecule has 0 aliphatic rings. The number of aromatic nitrogens is 3. The van der Waals surface area contributed by atoms with Crippen LogP contribution in [-0.2, 0) is 9.47 Å². The molecule has 0 bridgehead atoms. The van der Waals surface area contributed by atoms with Crippen LogP contribution in [0.5, 0.6) is 0 Å². The zero-order valence-corrected chi connectivity index (χ0v) is 19.4. The van der Waals surface area contributed by atoms with Crippen LogP contribution in [0.3, 0.4) is 0 Å². The summed E-state index contributed by atoms with van der Waals surface area (Å²) in [4.78, 5) is 36.6. The molecule has 0 atom stereocenters. The van der Waals surface area contributed by atoms with E-state index in [1.807, 2.05) is 13.8 Å². The quantitative estimate of drug-likeness (QED) is 0.274. The fraction of sp³-hybridized carbons (Fsp3) is 0.320. The number of nitrogens with zero attached hydrogens (tertiary/aromatic N) is 3. The second-order valence-corrected chi connectivity index (χ2v) is 7.52. The van der Waals surface area contributed by atoms with Gasteiger partial charge >= 0.3 is 11.9 Å². The van der Waals surface area contributed by atoms with E-state index in [0.29, 0.717) is 47.6 Å². The highest BCUT2D eigenvalue weighted by Gasteiger charge is 2.09. The number of anilines is 4. The Labute approximate surface area is 199 Å². The van der Waals surface area contributed by atoms with E-state index in [2.05, 4.69) is 25.6 Å². The zero-order chi connectivity index (χ0) is 24.2. The van der Waals surface area contributed by atoms with Gasteiger partial charge in [-0.25, -0.2) is 19.6 Å². The van der Waals surface area contributed by atoms with Gasteiger partial charge in [-0.2, -0.15) is 4.98 Å². The van der Waals surface area contributed by atoms with Crippen molar-refractivity contribution in [2.75, 3.05) is 23.8 Å². The fourth-order valence-electron chi connectivity index (χ4n) is 2.84. The first-order valence-electron chi connectivity index (χ1n) is 11.4. The van der Waals surface area contributed by atoms with Crippen molar-refractivity contribution < 1.29 is 19.1 Å². The molecule has 2 N–H and O–H groups in total. The van der Waals surface area contributed by atoms with Crippen LogP contribution in [0.15, 0.2) is 54.9 Å². The molecule has 9 nitrogen and oxygen atoms in total. The van der Waals surface area contributed by atoms with Gasteiger partial charge in [-0.3, -0.25) is 0 Å². The van der Waals surface area contributed by atoms with Crippen LogP contribution in [0.4, 0.5) is 23.3 Å². The van der Waals surface area contributed by atoms with Crippen molar-refractivity contribution >= 4 is 35.2 Å². The molecule has 1 aromatic heterocycles. The third kappa shape index (κ3) is 7.54. The van der Waals surface area contributed by atoms with Crippen molar-refractivity contribution in [2.24, 2.45) is 0 Å². The number of nitrogens with one attached hydrogen (secondary N) is 2. The van der Waals surface area contributed by atoms with Crippen molar-refractivity contribution in [3.8, 4) is 0 Å². The summed E-state index contributed by atoms with van der Waals surface area (Å²) in [5.41, 5.74) is 2.40. The van der Waals surface area contributed by atoms with Crippen molar-refractivity contribution in [2.45, 2.75) is 39.5 Å². The van der Waals surface area contributed by atoms with Crippen molar-refractivity contribution in [3.63, 3.8) is 0 Å². The highest BCUT2D eigenvalue weighted by atomic mass is 16.5. The second-order valence-electron chi connectivity index (χ2n) is 7.52. The summed E-state index contributed by atoms with van der Waals surface area (Å²) >= 11 is 0. The second kappa shape index (κ2) is 12.9. The topological polar surface area (TPSA) is 115 Å². The molecular formula is C25H29N5O4. The van der Waals surface area contributed by atoms with E-state index < -0.39 is 0 Å². The third-order valence-corrected chi connectivity index (χ3v) is 4.79. The molecule has 34 heavy (non-hydrogen) atoms. The van der Waals surface area contributed by atoms with Crippen molar-refractivity contribution in [3.05, 3.63) is 66.0 Å². The van der Waals surface area contributed by atoms with Gasteiger partial charge in [0.05, 0.1) is 24.3 Å². The molecule has 0 aliphatic heterocycles. The number of hydrogen-bond donors (Lipinski definition) is 2. The summed E-state index contributed by atoms with van der Waals surface area (Å²) < 4.78 is 10.4. The van der Waals surface area contributed by atoms with Gasteiger partial charge in [0.15, 0.2) is 0 Å². The first-order valence-corrected chi connectivity index (χ1v) is 11.4. The van der Waals surface area contributed by atoms with E-state index >= 15 is 0 Å². The molecule has 0 unspecified atom stereocenters. The Balaban J connectivity index is 1.56. The smallest absolute Gasteiger partial charge is 0.338 e. The van der Waals surface area contributed by atoms with Gasteiger partial charge in [0.2, 0.25) is 11.9 Å². The Morgan fingerprint density at radius 2 is 1.12 bits per heavy atom. The van der Waals surface area contributed by atoms with E-state index in [1.54, 1.807) is 48.5 Å². The predicted molar refractivity (Wildman–Crippen MR) is 130 cm³/mol. The zero-order valence-electron chi connectivity index (χ0n) is 19.4. The number of carbonyl (C=O) groups excluding carboxylic acids is 2. The first-order chi connectivity index (χ1) is 16.6. The minimum Gasteiger partial charge on any atom is -0.462 e. The molecule has 3 rings (SSSR count). The van der Waals surface area contributed by atoms with Gasteiger partial charge < -0.3 is 20.1 Å². The monoisotopic (exact) mass is 463 g/mol. The normalized spacial score (nSPS) is 10.4. The largest absolute Gasteiger partial charge is 0.462 e. The van der Waals surface area contributed by atoms with Gasteiger partial charge in [-0.1, -0.05) is 26.7 Å². The molecule has 0 amide bonds. The van der Waals surface area contributed by atoms with E-state index in [-0.39, 0.29) is 11.9 Å². The number of ether oxygens (including phenoxy) is 2. The first kappa shape index (κ1) is 24.6. The average Bonchev–Trinajstić information content (AvgIpc) is 2.85. The molecule has 0 spiro atoms. The predicted octanol–water partition coefficient (Wildman–Crippen LogP) is 5.27. The summed E-state index contributed by atoms with van der Waals surface area (Å²) in [6.07, 6.45) is 5.01. The van der Waals surface area contributed by atoms with Crippen LogP contribution in [0, 0.1) is 0 Å². The third-order valence-electron chi connectivity index (χ3n) is 4.79. The molecule has 2 aromatic carbocycles. The van der Waals surface area contributed by atoms with Crippen LogP contribution in [0.25, 0.3) is 0 Å². The summed E-state index contributed by atoms with van der Waals surface area (Å²) in [5.74, 6) is -0.00226. The van der Waals surface area contributed by atoms with E-state index in [9.17, 15) is 9.59 Å². The number of hydrogen-bond acceptors (Lipinski definition) is 9. The summed E-state index contributed by atoms with van der Waals surface area (Å²) in [7, 11) is 0. The van der Waals surface area contributed by atoms with Crippen LogP contribution in [-0.4, -0.2) is 40.1 Å². The van der Waals surface area contributed by atoms with Gasteiger partial charge in [-0.05, 0) is 61.4 Å². The number of esters is 2. The minimum absolute atomic E-state index is 0.340. The number of benzene rings is 2. The Bertz CT molecular complexity index is 989. The highest BCUT2D eigenvalue weighted by molar-refractivity contribution is 5.90. The van der Waals surface area contributed by atoms with Gasteiger partial charge in [0.1, 0.15) is 6.33 Å². The molecule has 0 saturated heterocycles. The average molecular weight is 464 g/mol. The van der Waals surface area contributed by atoms with E-state index in [0.717, 1.165) is 25.7 Å². The number of rotatable bonds is 12. The van der Waals surface area contributed by atoms with Crippen LogP contribution in [0.2, 0.25) is 0 Å². The molecular weight excluding hydrogens is 434 g/mol. The maximum Gasteiger partial charge on any atom is 0.338 e. The molecule has 3 aromatic rings. The maximum atomic E-state index is 12.0. The summed E-state index contributed by atoms with van der Waals surface area (Å²) in [6, 6.07) is 13.8. The van der Waals surface area contributed by atoms with Gasteiger partial charge in [-0.15, -0.1) is 0 Å². The van der Waals surface area contributed by atoms with Crippen molar-refractivity contribution in [1.29, 1.82) is 0 Å². The van der Waals surface area contributed by atoms with E-state index in [4.69, 9.17) is 9.47 Å². The fourth-order valence-corrected chi connectivity index (χ4v) is 2.84. The van der Waals surface area contributed by atoms with Crippen LogP contribution in [0.1, 0.15) is 60.2 Å². The molecule has 0 aliphatic carbocycles. The lowest BCUT2D eigenvalue weighted by atomic mass is 10.2. The summed E-state index contributed by atoms with van der Waals surface area (Å²) in [6.45, 7) is 4.92. The lowest BCUT2D eigenvalue weighted by Crippen LogP contribution is -2.07. The number of unbranched alkanes of at least 4 members (excludes halogenated alkanes) is 2. The Hall–Kier alpha value is -4.01.